The molecule has 1 N–H and O–H groups in total. The van der Waals surface area contributed by atoms with Gasteiger partial charge in [-0.2, -0.15) is 0 Å². The molecule has 0 fully saturated rings. The first kappa shape index (κ1) is 22.7. The summed E-state index contributed by atoms with van der Waals surface area (Å²) < 4.78 is 17.8. The van der Waals surface area contributed by atoms with Gasteiger partial charge in [0, 0.05) is 20.4 Å². The number of benzene rings is 3. The molecular weight excluding hydrogens is 559 g/mol. The molecule has 3 aromatic carbocycles. The zero-order chi connectivity index (χ0) is 22.5. The molecule has 32 heavy (non-hydrogen) atoms. The van der Waals surface area contributed by atoms with E-state index in [1.807, 2.05) is 53.1 Å². The molecular formula is C23H17Br2FN4OS. The Kier molecular flexibility index (Phi) is 7.39. The van der Waals surface area contributed by atoms with Gasteiger partial charge < -0.3 is 5.32 Å². The highest BCUT2D eigenvalue weighted by atomic mass is 79.9. The third kappa shape index (κ3) is 5.46. The number of aromatic nitrogens is 3. The van der Waals surface area contributed by atoms with Crippen LogP contribution in [0.25, 0.3) is 5.69 Å². The molecule has 9 heteroatoms. The first-order chi connectivity index (χ1) is 15.5. The Bertz CT molecular complexity index is 1230. The van der Waals surface area contributed by atoms with Gasteiger partial charge in [0.05, 0.1) is 12.1 Å². The molecule has 0 unspecified atom stereocenters. The predicted octanol–water partition coefficient (Wildman–Crippen LogP) is 6.15. The molecule has 1 aromatic heterocycles. The summed E-state index contributed by atoms with van der Waals surface area (Å²) in [5, 5.41) is 12.1. The summed E-state index contributed by atoms with van der Waals surface area (Å²) in [4.78, 5) is 12.5. The second-order valence-corrected chi connectivity index (χ2v) is 9.56. The van der Waals surface area contributed by atoms with Gasteiger partial charge in [-0.25, -0.2) is 4.39 Å². The summed E-state index contributed by atoms with van der Waals surface area (Å²) in [5.74, 6) is 0.196. The van der Waals surface area contributed by atoms with Gasteiger partial charge in [0.25, 0.3) is 5.91 Å². The van der Waals surface area contributed by atoms with Crippen LogP contribution in [0.4, 0.5) is 4.39 Å². The number of thioether (sulfide) groups is 1. The fraction of sp³-hybridized carbons (Fsp3) is 0.0870. The Morgan fingerprint density at radius 2 is 1.59 bits per heavy atom. The van der Waals surface area contributed by atoms with E-state index in [9.17, 15) is 9.18 Å². The number of amides is 1. The lowest BCUT2D eigenvalue weighted by atomic mass is 10.2. The Labute approximate surface area is 205 Å². The SMILES string of the molecule is O=C(NCc1nnc(SCc2ccc(Br)cc2)n1-c1ccc(Br)cc1)c1ccccc1F. The third-order valence-corrected chi connectivity index (χ3v) is 6.65. The minimum Gasteiger partial charge on any atom is -0.345 e. The molecule has 0 aliphatic rings. The van der Waals surface area contributed by atoms with Gasteiger partial charge in [-0.05, 0) is 54.1 Å². The monoisotopic (exact) mass is 574 g/mol. The van der Waals surface area contributed by atoms with E-state index in [1.54, 1.807) is 23.9 Å². The Hall–Kier alpha value is -2.49. The topological polar surface area (TPSA) is 59.8 Å². The zero-order valence-electron chi connectivity index (χ0n) is 16.6. The largest absolute Gasteiger partial charge is 0.345 e. The second kappa shape index (κ2) is 10.4. The van der Waals surface area contributed by atoms with E-state index in [2.05, 4.69) is 47.4 Å². The number of nitrogens with one attached hydrogen (secondary N) is 1. The van der Waals surface area contributed by atoms with Crippen LogP contribution in [0.1, 0.15) is 21.7 Å². The van der Waals surface area contributed by atoms with Crippen molar-refractivity contribution in [3.8, 4) is 5.69 Å². The molecule has 1 heterocycles. The minimum atomic E-state index is -0.565. The first-order valence-corrected chi connectivity index (χ1v) is 12.2. The number of halogens is 3. The molecule has 0 aliphatic carbocycles. The summed E-state index contributed by atoms with van der Waals surface area (Å²) in [5.41, 5.74) is 2.01. The Morgan fingerprint density at radius 3 is 2.28 bits per heavy atom. The van der Waals surface area contributed by atoms with E-state index in [0.29, 0.717) is 16.7 Å². The number of hydrogen-bond acceptors (Lipinski definition) is 4. The number of hydrogen-bond donors (Lipinski definition) is 1. The molecule has 4 rings (SSSR count). The van der Waals surface area contributed by atoms with E-state index >= 15 is 0 Å². The van der Waals surface area contributed by atoms with Crippen LogP contribution >= 0.6 is 43.6 Å². The Balaban J connectivity index is 1.57. The number of carbonyl (C=O) groups excluding carboxylic acids is 1. The van der Waals surface area contributed by atoms with Crippen LogP contribution in [0, 0.1) is 5.82 Å². The predicted molar refractivity (Wildman–Crippen MR) is 130 cm³/mol. The van der Waals surface area contributed by atoms with Crippen LogP contribution < -0.4 is 5.32 Å². The van der Waals surface area contributed by atoms with E-state index in [0.717, 1.165) is 20.2 Å². The quantitative estimate of drug-likeness (QED) is 0.268. The fourth-order valence-corrected chi connectivity index (χ4v) is 4.44. The van der Waals surface area contributed by atoms with Crippen molar-refractivity contribution in [3.05, 3.63) is 105 Å². The maximum absolute atomic E-state index is 13.9. The van der Waals surface area contributed by atoms with Crippen molar-refractivity contribution in [3.63, 3.8) is 0 Å². The molecule has 0 atom stereocenters. The highest BCUT2D eigenvalue weighted by Gasteiger charge is 2.17. The van der Waals surface area contributed by atoms with Crippen molar-refractivity contribution in [1.29, 1.82) is 0 Å². The third-order valence-electron chi connectivity index (χ3n) is 4.59. The van der Waals surface area contributed by atoms with Crippen LogP contribution in [0.2, 0.25) is 0 Å². The maximum atomic E-state index is 13.9. The summed E-state index contributed by atoms with van der Waals surface area (Å²) in [6, 6.07) is 21.7. The highest BCUT2D eigenvalue weighted by Crippen LogP contribution is 2.26. The lowest BCUT2D eigenvalue weighted by molar-refractivity contribution is 0.0945. The molecule has 0 aliphatic heterocycles. The normalized spacial score (nSPS) is 10.8. The van der Waals surface area contributed by atoms with Crippen LogP contribution in [0.5, 0.6) is 0 Å². The average molecular weight is 576 g/mol. The van der Waals surface area contributed by atoms with Crippen LogP contribution in [0.15, 0.2) is 86.9 Å². The average Bonchev–Trinajstić information content (AvgIpc) is 3.21. The number of nitrogens with zero attached hydrogens (tertiary/aromatic N) is 3. The van der Waals surface area contributed by atoms with Crippen LogP contribution in [-0.4, -0.2) is 20.7 Å². The lowest BCUT2D eigenvalue weighted by Crippen LogP contribution is -2.25. The maximum Gasteiger partial charge on any atom is 0.254 e. The van der Waals surface area contributed by atoms with Gasteiger partial charge in [-0.1, -0.05) is 67.9 Å². The molecule has 162 valence electrons. The first-order valence-electron chi connectivity index (χ1n) is 9.61. The summed E-state index contributed by atoms with van der Waals surface area (Å²) in [6.45, 7) is 0.106. The number of carbonyl (C=O) groups is 1. The molecule has 0 saturated carbocycles. The summed E-state index contributed by atoms with van der Waals surface area (Å²) in [6.07, 6.45) is 0. The van der Waals surface area contributed by atoms with Crippen LogP contribution in [0.3, 0.4) is 0 Å². The summed E-state index contributed by atoms with van der Waals surface area (Å²) in [7, 11) is 0. The van der Waals surface area contributed by atoms with Gasteiger partial charge in [0.1, 0.15) is 5.82 Å². The highest BCUT2D eigenvalue weighted by molar-refractivity contribution is 9.10. The van der Waals surface area contributed by atoms with E-state index < -0.39 is 11.7 Å². The molecule has 0 saturated heterocycles. The van der Waals surface area contributed by atoms with E-state index in [1.165, 1.54) is 12.1 Å². The molecule has 0 spiro atoms. The fourth-order valence-electron chi connectivity index (χ4n) is 2.99. The summed E-state index contributed by atoms with van der Waals surface area (Å²) >= 11 is 8.45. The molecule has 1 amide bonds. The smallest absolute Gasteiger partial charge is 0.254 e. The van der Waals surface area contributed by atoms with Crippen molar-refractivity contribution in [2.24, 2.45) is 0 Å². The van der Waals surface area contributed by atoms with Crippen molar-refractivity contribution in [2.75, 3.05) is 0 Å². The zero-order valence-corrected chi connectivity index (χ0v) is 20.6. The van der Waals surface area contributed by atoms with Crippen molar-refractivity contribution >= 4 is 49.5 Å². The van der Waals surface area contributed by atoms with E-state index in [4.69, 9.17) is 0 Å². The van der Waals surface area contributed by atoms with Crippen LogP contribution in [-0.2, 0) is 12.3 Å². The second-order valence-electron chi connectivity index (χ2n) is 6.79. The van der Waals surface area contributed by atoms with Gasteiger partial charge >= 0.3 is 0 Å². The standard InChI is InChI=1S/C23H17Br2FN4OS/c24-16-7-5-15(6-8-16)14-32-23-29-28-21(30(23)18-11-9-17(25)10-12-18)13-27-22(31)19-3-1-2-4-20(19)26/h1-12H,13-14H2,(H,27,31). The molecule has 0 bridgehead atoms. The number of rotatable bonds is 7. The van der Waals surface area contributed by atoms with Gasteiger partial charge in [0.15, 0.2) is 11.0 Å². The van der Waals surface area contributed by atoms with Crippen molar-refractivity contribution < 1.29 is 9.18 Å². The van der Waals surface area contributed by atoms with E-state index in [-0.39, 0.29) is 12.1 Å². The van der Waals surface area contributed by atoms with Gasteiger partial charge in [-0.15, -0.1) is 10.2 Å². The lowest BCUT2D eigenvalue weighted by Gasteiger charge is -2.11. The molecule has 4 aromatic rings. The van der Waals surface area contributed by atoms with Crippen molar-refractivity contribution in [1.82, 2.24) is 20.1 Å². The molecule has 0 radical (unpaired) electrons. The minimum absolute atomic E-state index is 0.00737. The van der Waals surface area contributed by atoms with Crippen molar-refractivity contribution in [2.45, 2.75) is 17.5 Å². The molecule has 5 nitrogen and oxygen atoms in total. The van der Waals surface area contributed by atoms with Gasteiger partial charge in [0.2, 0.25) is 0 Å². The Morgan fingerprint density at radius 1 is 0.938 bits per heavy atom. The van der Waals surface area contributed by atoms with Gasteiger partial charge in [-0.3, -0.25) is 9.36 Å².